The minimum atomic E-state index is -1.44. The summed E-state index contributed by atoms with van der Waals surface area (Å²) in [5.41, 5.74) is 5.20. The molecule has 0 radical (unpaired) electrons. The third kappa shape index (κ3) is 2.42. The number of aliphatic carboxylic acids is 1. The van der Waals surface area contributed by atoms with E-state index in [2.05, 4.69) is 4.98 Å². The van der Waals surface area contributed by atoms with Gasteiger partial charge in [0.15, 0.2) is 10.9 Å². The summed E-state index contributed by atoms with van der Waals surface area (Å²) in [6.07, 6.45) is 1.33. The van der Waals surface area contributed by atoms with Crippen molar-refractivity contribution in [2.24, 2.45) is 5.73 Å². The fraction of sp³-hybridized carbons (Fsp3) is 0.250. The van der Waals surface area contributed by atoms with Gasteiger partial charge in [-0.3, -0.25) is 0 Å². The zero-order valence-electron chi connectivity index (χ0n) is 8.18. The second kappa shape index (κ2) is 5.03. The Morgan fingerprint density at radius 1 is 1.69 bits per heavy atom. The Kier molecular flexibility index (Phi) is 3.72. The van der Waals surface area contributed by atoms with Gasteiger partial charge in [0.2, 0.25) is 6.04 Å². The molecule has 1 aromatic heterocycles. The Bertz CT molecular complexity index is 383. The molecule has 0 aliphatic rings. The quantitative estimate of drug-likeness (QED) is 0.512. The number of anilines is 1. The highest BCUT2D eigenvalue weighted by atomic mass is 16.7. The van der Waals surface area contributed by atoms with Gasteiger partial charge >= 0.3 is 5.97 Å². The number of carboxylic acid groups (broad SMARTS) is 1. The van der Waals surface area contributed by atoms with Gasteiger partial charge in [-0.05, 0) is 12.1 Å². The maximum atomic E-state index is 10.8. The molecule has 1 heterocycles. The largest absolute Gasteiger partial charge is 0.480 e. The van der Waals surface area contributed by atoms with Crippen molar-refractivity contribution in [2.75, 3.05) is 11.6 Å². The number of hydrogen-bond acceptors (Lipinski definition) is 5. The first-order valence-corrected chi connectivity index (χ1v) is 4.35. The first kappa shape index (κ1) is 11.9. The van der Waals surface area contributed by atoms with E-state index in [4.69, 9.17) is 10.8 Å². The number of hydrogen-bond donors (Lipinski definition) is 2. The van der Waals surface area contributed by atoms with Crippen LogP contribution >= 0.6 is 0 Å². The lowest BCUT2D eigenvalue weighted by Gasteiger charge is -2.18. The highest BCUT2D eigenvalue weighted by molar-refractivity contribution is 5.77. The van der Waals surface area contributed by atoms with E-state index in [1.165, 1.54) is 18.3 Å². The minimum absolute atomic E-state index is 0.0645. The van der Waals surface area contributed by atoms with Crippen LogP contribution in [0.15, 0.2) is 24.4 Å². The molecule has 8 heteroatoms. The van der Waals surface area contributed by atoms with Crippen molar-refractivity contribution >= 4 is 11.8 Å². The van der Waals surface area contributed by atoms with Crippen LogP contribution < -0.4 is 10.7 Å². The molecule has 0 saturated heterocycles. The second-order valence-electron chi connectivity index (χ2n) is 2.86. The molecular weight excluding hydrogens is 216 g/mol. The molecule has 0 fully saturated rings. The smallest absolute Gasteiger partial charge is 0.334 e. The van der Waals surface area contributed by atoms with Gasteiger partial charge in [-0.15, -0.1) is 0 Å². The molecule has 1 aromatic rings. The zero-order chi connectivity index (χ0) is 12.1. The van der Waals surface area contributed by atoms with E-state index in [0.717, 1.165) is 0 Å². The van der Waals surface area contributed by atoms with Crippen LogP contribution in [0, 0.1) is 10.1 Å². The van der Waals surface area contributed by atoms with Crippen LogP contribution in [0.25, 0.3) is 0 Å². The summed E-state index contributed by atoms with van der Waals surface area (Å²) < 4.78 is 0. The van der Waals surface area contributed by atoms with Crippen LogP contribution in [-0.4, -0.2) is 33.7 Å². The minimum Gasteiger partial charge on any atom is -0.480 e. The van der Waals surface area contributed by atoms with Crippen molar-refractivity contribution in [3.63, 3.8) is 0 Å². The van der Waals surface area contributed by atoms with Crippen molar-refractivity contribution in [2.45, 2.75) is 6.04 Å². The molecule has 0 aliphatic carbocycles. The molecule has 0 amide bonds. The Morgan fingerprint density at radius 2 is 2.38 bits per heavy atom. The summed E-state index contributed by atoms with van der Waals surface area (Å²) in [5, 5.41) is 19.2. The average Bonchev–Trinajstić information content (AvgIpc) is 2.25. The first-order valence-electron chi connectivity index (χ1n) is 4.35. The summed E-state index contributed by atoms with van der Waals surface area (Å²) in [6, 6.07) is 2.99. The van der Waals surface area contributed by atoms with Crippen LogP contribution in [-0.2, 0) is 4.79 Å². The van der Waals surface area contributed by atoms with E-state index < -0.39 is 17.0 Å². The normalized spacial score (nSPS) is 11.8. The standard InChI is InChI=1S/C8H10N4O4/c9-5-6(8(13)14)11(12(15)16)7-3-1-2-4-10-7/h1-4,6H,5,9H2,(H,13,14)/t6-/m0/s1. The third-order valence-corrected chi connectivity index (χ3v) is 1.86. The van der Waals surface area contributed by atoms with Crippen molar-refractivity contribution in [3.05, 3.63) is 34.5 Å². The van der Waals surface area contributed by atoms with E-state index >= 15 is 0 Å². The monoisotopic (exact) mass is 226 g/mol. The summed E-state index contributed by atoms with van der Waals surface area (Å²) in [5.74, 6) is -1.43. The zero-order valence-corrected chi connectivity index (χ0v) is 8.18. The van der Waals surface area contributed by atoms with E-state index in [1.54, 1.807) is 6.07 Å². The molecule has 16 heavy (non-hydrogen) atoms. The Labute approximate surface area is 90.4 Å². The molecule has 0 spiro atoms. The topological polar surface area (TPSA) is 123 Å². The summed E-state index contributed by atoms with van der Waals surface area (Å²) >= 11 is 0. The van der Waals surface area contributed by atoms with Gasteiger partial charge in [-0.25, -0.2) is 19.9 Å². The van der Waals surface area contributed by atoms with E-state index in [-0.39, 0.29) is 12.4 Å². The summed E-state index contributed by atoms with van der Waals surface area (Å²) in [4.78, 5) is 25.3. The third-order valence-electron chi connectivity index (χ3n) is 1.86. The van der Waals surface area contributed by atoms with Crippen LogP contribution in [0.3, 0.4) is 0 Å². The van der Waals surface area contributed by atoms with Crippen LogP contribution in [0.4, 0.5) is 5.82 Å². The van der Waals surface area contributed by atoms with E-state index in [1.807, 2.05) is 0 Å². The van der Waals surface area contributed by atoms with Crippen LogP contribution in [0.1, 0.15) is 0 Å². The van der Waals surface area contributed by atoms with Gasteiger partial charge in [0.05, 0.1) is 0 Å². The predicted molar refractivity (Wildman–Crippen MR) is 54.2 cm³/mol. The van der Waals surface area contributed by atoms with Crippen molar-refractivity contribution in [3.8, 4) is 0 Å². The Balaban J connectivity index is 3.09. The number of carbonyl (C=O) groups is 1. The molecule has 0 unspecified atom stereocenters. The lowest BCUT2D eigenvalue weighted by atomic mass is 10.3. The van der Waals surface area contributed by atoms with Gasteiger partial charge in [0.25, 0.3) is 0 Å². The number of aromatic nitrogens is 1. The molecule has 8 nitrogen and oxygen atoms in total. The number of nitrogens with two attached hydrogens (primary N) is 1. The Morgan fingerprint density at radius 3 is 2.75 bits per heavy atom. The van der Waals surface area contributed by atoms with E-state index in [9.17, 15) is 14.9 Å². The van der Waals surface area contributed by atoms with Gasteiger partial charge in [-0.1, -0.05) is 11.1 Å². The Hall–Kier alpha value is -2.22. The maximum absolute atomic E-state index is 10.8. The van der Waals surface area contributed by atoms with Crippen LogP contribution in [0.2, 0.25) is 0 Å². The summed E-state index contributed by atoms with van der Waals surface area (Å²) in [6.45, 7) is -0.382. The molecule has 1 rings (SSSR count). The van der Waals surface area contributed by atoms with Crippen molar-refractivity contribution in [1.29, 1.82) is 0 Å². The molecule has 0 aromatic carbocycles. The number of carboxylic acids is 1. The van der Waals surface area contributed by atoms with Gasteiger partial charge in [0.1, 0.15) is 0 Å². The number of nitrogens with zero attached hydrogens (tertiary/aromatic N) is 3. The number of nitro groups is 1. The van der Waals surface area contributed by atoms with Gasteiger partial charge in [-0.2, -0.15) is 0 Å². The van der Waals surface area contributed by atoms with E-state index in [0.29, 0.717) is 5.01 Å². The first-order chi connectivity index (χ1) is 7.57. The van der Waals surface area contributed by atoms with Crippen LogP contribution in [0.5, 0.6) is 0 Å². The van der Waals surface area contributed by atoms with Gasteiger partial charge in [0, 0.05) is 12.7 Å². The highest BCUT2D eigenvalue weighted by Gasteiger charge is 2.34. The summed E-state index contributed by atoms with van der Waals surface area (Å²) in [7, 11) is 0. The number of hydrazine groups is 1. The van der Waals surface area contributed by atoms with Gasteiger partial charge < -0.3 is 10.8 Å². The average molecular weight is 226 g/mol. The SMILES string of the molecule is NC[C@@H](C(=O)O)N(c1ccccn1)[N+](=O)[O-]. The highest BCUT2D eigenvalue weighted by Crippen LogP contribution is 2.12. The molecule has 1 atom stereocenters. The molecule has 86 valence electrons. The van der Waals surface area contributed by atoms with Crippen molar-refractivity contribution in [1.82, 2.24) is 4.98 Å². The molecule has 0 aliphatic heterocycles. The lowest BCUT2D eigenvalue weighted by molar-refractivity contribution is -0.498. The fourth-order valence-electron chi connectivity index (χ4n) is 1.15. The number of pyridine rings is 1. The molecule has 0 bridgehead atoms. The lowest BCUT2D eigenvalue weighted by Crippen LogP contribution is -2.49. The molecule has 0 saturated carbocycles. The molecular formula is C8H10N4O4. The maximum Gasteiger partial charge on any atom is 0.334 e. The van der Waals surface area contributed by atoms with Crippen molar-refractivity contribution < 1.29 is 14.9 Å². The predicted octanol–water partition coefficient (Wildman–Crippen LogP) is -0.508. The fourth-order valence-corrected chi connectivity index (χ4v) is 1.15. The second-order valence-corrected chi connectivity index (χ2v) is 2.86. The molecule has 3 N–H and O–H groups in total. The number of rotatable bonds is 5.